The molecular formula is C23H41NO3. The Bertz CT molecular complexity index is 613. The van der Waals surface area contributed by atoms with Gasteiger partial charge < -0.3 is 10.2 Å². The number of hydrogen-bond acceptors (Lipinski definition) is 3. The molecule has 0 aliphatic heterocycles. The predicted octanol–water partition coefficient (Wildman–Crippen LogP) is 6.18. The molecule has 1 atom stereocenters. The van der Waals surface area contributed by atoms with E-state index < -0.39 is 11.0 Å². The SMILES string of the molecule is CCCCCC(CCC)Cc1cc(O)n(C(C)(C)CC(C)(C)C(C)=O)c1O. The summed E-state index contributed by atoms with van der Waals surface area (Å²) in [7, 11) is 0. The Kier molecular flexibility index (Phi) is 8.44. The fraction of sp³-hybridized carbons (Fsp3) is 0.783. The summed E-state index contributed by atoms with van der Waals surface area (Å²) < 4.78 is 1.60. The summed E-state index contributed by atoms with van der Waals surface area (Å²) in [5.74, 6) is 0.865. The lowest BCUT2D eigenvalue weighted by molar-refractivity contribution is -0.126. The van der Waals surface area contributed by atoms with Gasteiger partial charge in [0.2, 0.25) is 0 Å². The molecule has 0 saturated carbocycles. The summed E-state index contributed by atoms with van der Waals surface area (Å²) in [4.78, 5) is 12.0. The van der Waals surface area contributed by atoms with Crippen LogP contribution >= 0.6 is 0 Å². The third-order valence-corrected chi connectivity index (χ3v) is 5.89. The molecule has 0 radical (unpaired) electrons. The summed E-state index contributed by atoms with van der Waals surface area (Å²) >= 11 is 0. The zero-order chi connectivity index (χ0) is 20.8. The van der Waals surface area contributed by atoms with Crippen molar-refractivity contribution >= 4 is 5.78 Å². The Labute approximate surface area is 166 Å². The highest BCUT2D eigenvalue weighted by Gasteiger charge is 2.36. The molecule has 1 unspecified atom stereocenters. The minimum Gasteiger partial charge on any atom is -0.494 e. The minimum absolute atomic E-state index is 0.0793. The van der Waals surface area contributed by atoms with Crippen LogP contribution in [0.15, 0.2) is 6.07 Å². The first-order valence-electron chi connectivity index (χ1n) is 10.6. The number of hydrogen-bond donors (Lipinski definition) is 2. The second kappa shape index (κ2) is 9.66. The van der Waals surface area contributed by atoms with Crippen LogP contribution in [0.25, 0.3) is 0 Å². The van der Waals surface area contributed by atoms with E-state index in [2.05, 4.69) is 13.8 Å². The molecule has 0 amide bonds. The summed E-state index contributed by atoms with van der Waals surface area (Å²) in [5, 5.41) is 21.4. The van der Waals surface area contributed by atoms with Crippen LogP contribution in [0.3, 0.4) is 0 Å². The molecule has 0 saturated heterocycles. The number of nitrogens with zero attached hydrogens (tertiary/aromatic N) is 1. The molecular weight excluding hydrogens is 338 g/mol. The molecule has 1 aromatic rings. The first-order valence-corrected chi connectivity index (χ1v) is 10.6. The average Bonchev–Trinajstić information content (AvgIpc) is 2.81. The van der Waals surface area contributed by atoms with E-state index in [-0.39, 0.29) is 17.5 Å². The number of aromatic hydroxyl groups is 2. The maximum absolute atomic E-state index is 12.0. The van der Waals surface area contributed by atoms with Gasteiger partial charge in [-0.3, -0.25) is 9.36 Å². The van der Waals surface area contributed by atoms with Gasteiger partial charge in [0.05, 0.1) is 0 Å². The second-order valence-corrected chi connectivity index (χ2v) is 9.47. The van der Waals surface area contributed by atoms with Crippen LogP contribution < -0.4 is 0 Å². The van der Waals surface area contributed by atoms with E-state index in [1.165, 1.54) is 19.3 Å². The van der Waals surface area contributed by atoms with E-state index in [1.807, 2.05) is 27.7 Å². The van der Waals surface area contributed by atoms with Crippen LogP contribution in [0.4, 0.5) is 0 Å². The number of ketones is 1. The molecule has 2 N–H and O–H groups in total. The highest BCUT2D eigenvalue weighted by Crippen LogP contribution is 2.42. The highest BCUT2D eigenvalue weighted by molar-refractivity contribution is 5.81. The number of unbranched alkanes of at least 4 members (excludes halogenated alkanes) is 2. The Hall–Kier alpha value is -1.45. The predicted molar refractivity (Wildman–Crippen MR) is 112 cm³/mol. The molecule has 1 aromatic heterocycles. The average molecular weight is 380 g/mol. The van der Waals surface area contributed by atoms with Crippen LogP contribution in [0.1, 0.15) is 99.0 Å². The van der Waals surface area contributed by atoms with Crippen LogP contribution in [-0.2, 0) is 16.8 Å². The van der Waals surface area contributed by atoms with Gasteiger partial charge in [-0.25, -0.2) is 0 Å². The van der Waals surface area contributed by atoms with Gasteiger partial charge in [0.15, 0.2) is 11.8 Å². The maximum Gasteiger partial charge on any atom is 0.197 e. The van der Waals surface area contributed by atoms with E-state index in [0.717, 1.165) is 31.2 Å². The molecule has 4 heteroatoms. The molecule has 156 valence electrons. The summed E-state index contributed by atoms with van der Waals surface area (Å²) in [6.07, 6.45) is 8.42. The van der Waals surface area contributed by atoms with Gasteiger partial charge in [0, 0.05) is 22.6 Å². The molecule has 0 aliphatic rings. The van der Waals surface area contributed by atoms with E-state index in [4.69, 9.17) is 0 Å². The fourth-order valence-corrected chi connectivity index (χ4v) is 4.32. The lowest BCUT2D eigenvalue weighted by Crippen LogP contribution is -2.35. The van der Waals surface area contributed by atoms with Crippen molar-refractivity contribution in [3.8, 4) is 11.8 Å². The molecule has 0 fully saturated rings. The van der Waals surface area contributed by atoms with Crippen LogP contribution in [0.2, 0.25) is 0 Å². The zero-order valence-electron chi connectivity index (χ0n) is 18.6. The fourth-order valence-electron chi connectivity index (χ4n) is 4.32. The van der Waals surface area contributed by atoms with Gasteiger partial charge in [-0.1, -0.05) is 66.2 Å². The summed E-state index contributed by atoms with van der Waals surface area (Å²) in [6, 6.07) is 1.71. The monoisotopic (exact) mass is 379 g/mol. The van der Waals surface area contributed by atoms with E-state index in [0.29, 0.717) is 12.3 Å². The zero-order valence-corrected chi connectivity index (χ0v) is 18.6. The van der Waals surface area contributed by atoms with Crippen molar-refractivity contribution in [2.45, 2.75) is 105 Å². The third-order valence-electron chi connectivity index (χ3n) is 5.89. The van der Waals surface area contributed by atoms with Crippen molar-refractivity contribution in [1.82, 2.24) is 4.57 Å². The first-order chi connectivity index (χ1) is 12.5. The van der Waals surface area contributed by atoms with Crippen molar-refractivity contribution in [3.63, 3.8) is 0 Å². The van der Waals surface area contributed by atoms with E-state index in [9.17, 15) is 15.0 Å². The van der Waals surface area contributed by atoms with Gasteiger partial charge in [0.1, 0.15) is 5.78 Å². The Morgan fingerprint density at radius 1 is 1.07 bits per heavy atom. The molecule has 1 rings (SSSR count). The van der Waals surface area contributed by atoms with Crippen LogP contribution in [0.5, 0.6) is 11.8 Å². The van der Waals surface area contributed by atoms with Crippen molar-refractivity contribution < 1.29 is 15.0 Å². The minimum atomic E-state index is -0.565. The molecule has 0 aromatic carbocycles. The summed E-state index contributed by atoms with van der Waals surface area (Å²) in [5.41, 5.74) is -0.266. The van der Waals surface area contributed by atoms with Crippen molar-refractivity contribution in [2.24, 2.45) is 11.3 Å². The molecule has 4 nitrogen and oxygen atoms in total. The quantitative estimate of drug-likeness (QED) is 0.426. The number of Topliss-reactive ketones (excluding diaryl/α,β-unsaturated/α-hetero) is 1. The lowest BCUT2D eigenvalue weighted by Gasteiger charge is -2.35. The molecule has 0 aliphatic carbocycles. The van der Waals surface area contributed by atoms with Gasteiger partial charge in [-0.2, -0.15) is 0 Å². The van der Waals surface area contributed by atoms with Crippen LogP contribution in [-0.4, -0.2) is 20.6 Å². The van der Waals surface area contributed by atoms with Gasteiger partial charge in [0.25, 0.3) is 0 Å². The van der Waals surface area contributed by atoms with Gasteiger partial charge in [-0.05, 0) is 39.5 Å². The second-order valence-electron chi connectivity index (χ2n) is 9.47. The lowest BCUT2D eigenvalue weighted by atomic mass is 9.77. The normalized spacial score (nSPS) is 13.7. The van der Waals surface area contributed by atoms with E-state index in [1.54, 1.807) is 17.6 Å². The van der Waals surface area contributed by atoms with Crippen molar-refractivity contribution in [3.05, 3.63) is 11.6 Å². The highest BCUT2D eigenvalue weighted by atomic mass is 16.3. The number of aromatic nitrogens is 1. The largest absolute Gasteiger partial charge is 0.494 e. The number of carbonyl (C=O) groups excluding carboxylic acids is 1. The van der Waals surface area contributed by atoms with Gasteiger partial charge >= 0.3 is 0 Å². The van der Waals surface area contributed by atoms with Crippen molar-refractivity contribution in [1.29, 1.82) is 0 Å². The Balaban J connectivity index is 3.06. The van der Waals surface area contributed by atoms with Crippen LogP contribution in [0, 0.1) is 11.3 Å². The molecule has 0 bridgehead atoms. The molecule has 0 spiro atoms. The van der Waals surface area contributed by atoms with Gasteiger partial charge in [-0.15, -0.1) is 0 Å². The maximum atomic E-state index is 12.0. The topological polar surface area (TPSA) is 62.5 Å². The summed E-state index contributed by atoms with van der Waals surface area (Å²) in [6.45, 7) is 13.8. The number of carbonyl (C=O) groups is 1. The Morgan fingerprint density at radius 2 is 1.70 bits per heavy atom. The molecule has 27 heavy (non-hydrogen) atoms. The first kappa shape index (κ1) is 23.6. The third kappa shape index (κ3) is 6.29. The number of rotatable bonds is 12. The van der Waals surface area contributed by atoms with E-state index >= 15 is 0 Å². The standard InChI is InChI=1S/C23H41NO3/c1-8-10-11-13-18(12-9-2)14-19-15-20(26)24(21(19)27)23(6,7)16-22(4,5)17(3)25/h15,18,26-27H,8-14,16H2,1-7H3. The smallest absolute Gasteiger partial charge is 0.197 e. The molecule has 1 heterocycles. The van der Waals surface area contributed by atoms with Crippen molar-refractivity contribution in [2.75, 3.05) is 0 Å². The Morgan fingerprint density at radius 3 is 2.22 bits per heavy atom.